The molecule has 0 aliphatic carbocycles. The molecular weight excluding hydrogens is 276 g/mol. The summed E-state index contributed by atoms with van der Waals surface area (Å²) < 4.78 is 23.1. The fourth-order valence-corrected chi connectivity index (χ4v) is 4.13. The Morgan fingerprint density at radius 3 is 2.83 bits per heavy atom. The quantitative estimate of drug-likeness (QED) is 0.846. The van der Waals surface area contributed by atoms with E-state index in [1.165, 1.54) is 11.3 Å². The van der Waals surface area contributed by atoms with Gasteiger partial charge in [0.15, 0.2) is 9.84 Å². The van der Waals surface area contributed by atoms with Crippen molar-refractivity contribution in [2.24, 2.45) is 0 Å². The Kier molecular flexibility index (Phi) is 3.81. The zero-order valence-electron chi connectivity index (χ0n) is 9.84. The molecule has 1 saturated heterocycles. The van der Waals surface area contributed by atoms with Gasteiger partial charge in [0.1, 0.15) is 5.01 Å². The fourth-order valence-electron chi connectivity index (χ4n) is 1.78. The Morgan fingerprint density at radius 1 is 1.50 bits per heavy atom. The van der Waals surface area contributed by atoms with Crippen molar-refractivity contribution in [3.05, 3.63) is 5.01 Å². The molecule has 1 unspecified atom stereocenters. The number of carbonyl (C=O) groups is 1. The normalized spacial score (nSPS) is 21.7. The number of sulfone groups is 1. The van der Waals surface area contributed by atoms with Crippen LogP contribution in [-0.2, 0) is 9.84 Å². The van der Waals surface area contributed by atoms with Crippen molar-refractivity contribution in [1.29, 1.82) is 0 Å². The molecule has 7 nitrogen and oxygen atoms in total. The van der Waals surface area contributed by atoms with Crippen molar-refractivity contribution in [3.8, 4) is 0 Å². The average Bonchev–Trinajstić information content (AvgIpc) is 2.82. The molecule has 0 spiro atoms. The van der Waals surface area contributed by atoms with E-state index < -0.39 is 21.1 Å². The molecule has 100 valence electrons. The van der Waals surface area contributed by atoms with Crippen LogP contribution in [0.4, 0.5) is 9.93 Å². The molecule has 2 heterocycles. The number of nitrogens with zero attached hydrogens (tertiary/aromatic N) is 2. The third-order valence-electron chi connectivity index (χ3n) is 2.70. The first-order chi connectivity index (χ1) is 8.47. The molecule has 2 amide bonds. The van der Waals surface area contributed by atoms with Crippen LogP contribution < -0.4 is 10.6 Å². The van der Waals surface area contributed by atoms with Crippen molar-refractivity contribution in [1.82, 2.24) is 15.5 Å². The minimum Gasteiger partial charge on any atom is -0.337 e. The number of rotatable bonds is 3. The lowest BCUT2D eigenvalue weighted by atomic mass is 10.2. The van der Waals surface area contributed by atoms with E-state index >= 15 is 0 Å². The third kappa shape index (κ3) is 3.16. The van der Waals surface area contributed by atoms with Gasteiger partial charge in [-0.3, -0.25) is 5.32 Å². The van der Waals surface area contributed by atoms with Gasteiger partial charge >= 0.3 is 6.03 Å². The molecule has 1 fully saturated rings. The number of anilines is 1. The van der Waals surface area contributed by atoms with E-state index in [4.69, 9.17) is 0 Å². The minimum absolute atomic E-state index is 0.145. The van der Waals surface area contributed by atoms with Crippen LogP contribution in [0, 0.1) is 6.92 Å². The number of aromatic nitrogens is 2. The van der Waals surface area contributed by atoms with E-state index in [2.05, 4.69) is 20.8 Å². The Labute approximate surface area is 109 Å². The lowest BCUT2D eigenvalue weighted by Gasteiger charge is -2.10. The molecule has 0 radical (unpaired) electrons. The predicted octanol–water partition coefficient (Wildman–Crippen LogP) is 0.545. The highest BCUT2D eigenvalue weighted by Gasteiger charge is 2.31. The summed E-state index contributed by atoms with van der Waals surface area (Å²) in [4.78, 5) is 11.5. The second kappa shape index (κ2) is 5.19. The summed E-state index contributed by atoms with van der Waals surface area (Å²) >= 11 is 1.26. The molecule has 0 saturated carbocycles. The molecule has 9 heteroatoms. The first kappa shape index (κ1) is 13.2. The minimum atomic E-state index is -3.02. The zero-order chi connectivity index (χ0) is 13.2. The largest absolute Gasteiger partial charge is 0.337 e. The van der Waals surface area contributed by atoms with Gasteiger partial charge in [-0.2, -0.15) is 0 Å². The van der Waals surface area contributed by atoms with E-state index in [-0.39, 0.29) is 12.3 Å². The van der Waals surface area contributed by atoms with E-state index in [0.717, 1.165) is 5.01 Å². The summed E-state index contributed by atoms with van der Waals surface area (Å²) in [6.07, 6.45) is 1.28. The van der Waals surface area contributed by atoms with Crippen molar-refractivity contribution in [2.45, 2.75) is 25.0 Å². The predicted molar refractivity (Wildman–Crippen MR) is 68.5 cm³/mol. The van der Waals surface area contributed by atoms with Crippen LogP contribution in [0.2, 0.25) is 0 Å². The van der Waals surface area contributed by atoms with Crippen molar-refractivity contribution in [2.75, 3.05) is 17.6 Å². The molecule has 0 aromatic carbocycles. The van der Waals surface area contributed by atoms with Gasteiger partial charge in [0.2, 0.25) is 5.13 Å². The van der Waals surface area contributed by atoms with E-state index in [1.807, 2.05) is 0 Å². The standard InChI is InChI=1S/C9H14N4O3S2/c1-6-12-13-9(17-6)11-8(14)10-5-7-3-2-4-18(7,15)16/h7H,2-5H2,1H3,(H2,10,11,13,14). The molecule has 2 rings (SSSR count). The van der Waals surface area contributed by atoms with Crippen LogP contribution in [0.3, 0.4) is 0 Å². The summed E-state index contributed by atoms with van der Waals surface area (Å²) in [5.74, 6) is 0.219. The monoisotopic (exact) mass is 290 g/mol. The van der Waals surface area contributed by atoms with Crippen LogP contribution >= 0.6 is 11.3 Å². The Balaban J connectivity index is 1.82. The van der Waals surface area contributed by atoms with E-state index in [0.29, 0.717) is 18.0 Å². The van der Waals surface area contributed by atoms with Gasteiger partial charge in [-0.25, -0.2) is 13.2 Å². The highest BCUT2D eigenvalue weighted by atomic mass is 32.2. The first-order valence-electron chi connectivity index (χ1n) is 5.54. The molecule has 0 bridgehead atoms. The van der Waals surface area contributed by atoms with Crippen molar-refractivity contribution < 1.29 is 13.2 Å². The van der Waals surface area contributed by atoms with E-state index in [9.17, 15) is 13.2 Å². The van der Waals surface area contributed by atoms with Crippen LogP contribution in [0.25, 0.3) is 0 Å². The summed E-state index contributed by atoms with van der Waals surface area (Å²) in [6.45, 7) is 1.93. The molecular formula is C9H14N4O3S2. The number of urea groups is 1. The number of hydrogen-bond donors (Lipinski definition) is 2. The maximum Gasteiger partial charge on any atom is 0.321 e. The topological polar surface area (TPSA) is 101 Å². The maximum absolute atomic E-state index is 11.5. The number of amides is 2. The maximum atomic E-state index is 11.5. The number of aryl methyl sites for hydroxylation is 1. The van der Waals surface area contributed by atoms with Gasteiger partial charge < -0.3 is 5.32 Å². The van der Waals surface area contributed by atoms with Gasteiger partial charge in [0, 0.05) is 6.54 Å². The van der Waals surface area contributed by atoms with Gasteiger partial charge in [-0.1, -0.05) is 11.3 Å². The molecule has 1 aliphatic rings. The lowest BCUT2D eigenvalue weighted by molar-refractivity contribution is 0.252. The second-order valence-corrected chi connectivity index (χ2v) is 7.67. The van der Waals surface area contributed by atoms with Gasteiger partial charge in [0.05, 0.1) is 11.0 Å². The Bertz CT molecular complexity index is 540. The molecule has 1 aliphatic heterocycles. The van der Waals surface area contributed by atoms with Crippen molar-refractivity contribution in [3.63, 3.8) is 0 Å². The first-order valence-corrected chi connectivity index (χ1v) is 8.07. The SMILES string of the molecule is Cc1nnc(NC(=O)NCC2CCCS2(=O)=O)s1. The number of hydrogen-bond acceptors (Lipinski definition) is 6. The highest BCUT2D eigenvalue weighted by Crippen LogP contribution is 2.19. The van der Waals surface area contributed by atoms with Gasteiger partial charge in [-0.15, -0.1) is 10.2 Å². The molecule has 18 heavy (non-hydrogen) atoms. The van der Waals surface area contributed by atoms with Gasteiger partial charge in [-0.05, 0) is 19.8 Å². The third-order valence-corrected chi connectivity index (χ3v) is 5.73. The Morgan fingerprint density at radius 2 is 2.28 bits per heavy atom. The number of nitrogens with one attached hydrogen (secondary N) is 2. The zero-order valence-corrected chi connectivity index (χ0v) is 11.5. The molecule has 1 aromatic heterocycles. The average molecular weight is 290 g/mol. The van der Waals surface area contributed by atoms with Crippen LogP contribution in [0.15, 0.2) is 0 Å². The summed E-state index contributed by atoms with van der Waals surface area (Å²) in [5, 5.41) is 13.3. The summed E-state index contributed by atoms with van der Waals surface area (Å²) in [6, 6.07) is -0.451. The molecule has 2 N–H and O–H groups in total. The van der Waals surface area contributed by atoms with E-state index in [1.54, 1.807) is 6.92 Å². The molecule has 1 atom stereocenters. The number of carbonyl (C=O) groups excluding carboxylic acids is 1. The smallest absolute Gasteiger partial charge is 0.321 e. The van der Waals surface area contributed by atoms with Crippen LogP contribution in [0.1, 0.15) is 17.8 Å². The summed E-state index contributed by atoms with van der Waals surface area (Å²) in [7, 11) is -3.02. The van der Waals surface area contributed by atoms with Gasteiger partial charge in [0.25, 0.3) is 0 Å². The van der Waals surface area contributed by atoms with Crippen molar-refractivity contribution >= 4 is 32.3 Å². The fraction of sp³-hybridized carbons (Fsp3) is 0.667. The Hall–Kier alpha value is -1.22. The summed E-state index contributed by atoms with van der Waals surface area (Å²) in [5.41, 5.74) is 0. The highest BCUT2D eigenvalue weighted by molar-refractivity contribution is 7.92. The van der Waals surface area contributed by atoms with Crippen LogP contribution in [-0.4, -0.2) is 42.2 Å². The lowest BCUT2D eigenvalue weighted by Crippen LogP contribution is -2.37. The second-order valence-electron chi connectivity index (χ2n) is 4.09. The van der Waals surface area contributed by atoms with Crippen LogP contribution in [0.5, 0.6) is 0 Å². The molecule has 1 aromatic rings.